The van der Waals surface area contributed by atoms with Crippen LogP contribution in [0.25, 0.3) is 20.4 Å². The van der Waals surface area contributed by atoms with Gasteiger partial charge >= 0.3 is 5.97 Å². The van der Waals surface area contributed by atoms with Crippen LogP contribution in [0.15, 0.2) is 40.8 Å². The molecule has 0 saturated carbocycles. The Morgan fingerprint density at radius 2 is 2.03 bits per heavy atom. The number of esters is 1. The first-order chi connectivity index (χ1) is 14.1. The molecular weight excluding hydrogens is 414 g/mol. The Bertz CT molecular complexity index is 1350. The van der Waals surface area contributed by atoms with Gasteiger partial charge in [-0.15, -0.1) is 11.3 Å². The number of aromatic nitrogens is 2. The van der Waals surface area contributed by atoms with Crippen LogP contribution in [-0.2, 0) is 16.1 Å². The van der Waals surface area contributed by atoms with Crippen molar-refractivity contribution in [3.63, 3.8) is 0 Å². The summed E-state index contributed by atoms with van der Waals surface area (Å²) in [5.41, 5.74) is 3.74. The molecule has 1 aliphatic heterocycles. The molecule has 29 heavy (non-hydrogen) atoms. The molecule has 8 nitrogen and oxygen atoms in total. The second kappa shape index (κ2) is 6.98. The van der Waals surface area contributed by atoms with Crippen LogP contribution in [0.2, 0.25) is 0 Å². The SMILES string of the molecule is COC(=O)Cn1c(=NC(=O)c2ccc3ncsc3c2)sc2cc3c(cc21)OCO3. The van der Waals surface area contributed by atoms with Crippen LogP contribution in [-0.4, -0.2) is 35.3 Å². The molecule has 0 radical (unpaired) electrons. The number of methoxy groups -OCH3 is 1. The Labute approximate surface area is 171 Å². The van der Waals surface area contributed by atoms with E-state index in [0.29, 0.717) is 27.4 Å². The minimum atomic E-state index is -0.442. The minimum Gasteiger partial charge on any atom is -0.468 e. The fourth-order valence-corrected chi connectivity index (χ4v) is 4.79. The molecule has 1 amide bonds. The van der Waals surface area contributed by atoms with E-state index in [1.54, 1.807) is 34.3 Å². The monoisotopic (exact) mass is 427 g/mol. The summed E-state index contributed by atoms with van der Waals surface area (Å²) in [4.78, 5) is 33.7. The second-order valence-electron chi connectivity index (χ2n) is 6.17. The summed E-state index contributed by atoms with van der Waals surface area (Å²) in [6, 6.07) is 8.86. The third-order valence-electron chi connectivity index (χ3n) is 4.47. The molecule has 4 aromatic rings. The number of amides is 1. The quantitative estimate of drug-likeness (QED) is 0.467. The number of benzene rings is 2. The number of nitrogens with zero attached hydrogens (tertiary/aromatic N) is 3. The van der Waals surface area contributed by atoms with Gasteiger partial charge in [0.05, 0.1) is 33.1 Å². The van der Waals surface area contributed by atoms with Gasteiger partial charge in [-0.25, -0.2) is 4.98 Å². The highest BCUT2D eigenvalue weighted by atomic mass is 32.1. The van der Waals surface area contributed by atoms with E-state index in [9.17, 15) is 9.59 Å². The zero-order valence-corrected chi connectivity index (χ0v) is 16.7. The van der Waals surface area contributed by atoms with Crippen LogP contribution >= 0.6 is 22.7 Å². The molecule has 5 rings (SSSR count). The van der Waals surface area contributed by atoms with Crippen molar-refractivity contribution in [1.82, 2.24) is 9.55 Å². The summed E-state index contributed by atoms with van der Waals surface area (Å²) in [5.74, 6) is 0.368. The first-order valence-electron chi connectivity index (χ1n) is 8.54. The highest BCUT2D eigenvalue weighted by Gasteiger charge is 2.19. The number of hydrogen-bond donors (Lipinski definition) is 0. The van der Waals surface area contributed by atoms with E-state index in [4.69, 9.17) is 14.2 Å². The van der Waals surface area contributed by atoms with Crippen LogP contribution in [0, 0.1) is 0 Å². The first kappa shape index (κ1) is 17.8. The number of carbonyl (C=O) groups excluding carboxylic acids is 2. The third kappa shape index (κ3) is 3.15. The van der Waals surface area contributed by atoms with Gasteiger partial charge in [-0.3, -0.25) is 9.59 Å². The van der Waals surface area contributed by atoms with Crippen molar-refractivity contribution in [3.05, 3.63) is 46.2 Å². The Morgan fingerprint density at radius 3 is 2.86 bits per heavy atom. The van der Waals surface area contributed by atoms with Gasteiger partial charge in [0.25, 0.3) is 5.91 Å². The number of rotatable bonds is 3. The molecule has 0 unspecified atom stereocenters. The maximum Gasteiger partial charge on any atom is 0.325 e. The number of ether oxygens (including phenoxy) is 3. The summed E-state index contributed by atoms with van der Waals surface area (Å²) in [7, 11) is 1.32. The molecule has 0 N–H and O–H groups in total. The van der Waals surface area contributed by atoms with Gasteiger partial charge in [0.2, 0.25) is 6.79 Å². The van der Waals surface area contributed by atoms with Gasteiger partial charge in [-0.1, -0.05) is 11.3 Å². The molecule has 2 aromatic heterocycles. The average Bonchev–Trinajstić information content (AvgIpc) is 3.44. The average molecular weight is 427 g/mol. The molecular formula is C19H13N3O5S2. The zero-order valence-electron chi connectivity index (χ0n) is 15.1. The predicted octanol–water partition coefficient (Wildman–Crippen LogP) is 2.96. The van der Waals surface area contributed by atoms with Crippen molar-refractivity contribution in [2.24, 2.45) is 4.99 Å². The van der Waals surface area contributed by atoms with Gasteiger partial charge in [-0.2, -0.15) is 4.99 Å². The summed E-state index contributed by atoms with van der Waals surface area (Å²) in [6.07, 6.45) is 0. The molecule has 2 aromatic carbocycles. The number of carbonyl (C=O) groups is 2. The zero-order chi connectivity index (χ0) is 20.0. The Hall–Kier alpha value is -3.24. The normalized spacial score (nSPS) is 13.3. The van der Waals surface area contributed by atoms with Crippen LogP contribution < -0.4 is 14.3 Å². The Morgan fingerprint density at radius 1 is 1.21 bits per heavy atom. The van der Waals surface area contributed by atoms with Crippen molar-refractivity contribution < 1.29 is 23.8 Å². The molecule has 0 fully saturated rings. The van der Waals surface area contributed by atoms with Crippen molar-refractivity contribution in [1.29, 1.82) is 0 Å². The Kier molecular flexibility index (Phi) is 4.29. The highest BCUT2D eigenvalue weighted by Crippen LogP contribution is 2.37. The van der Waals surface area contributed by atoms with Crippen molar-refractivity contribution in [2.45, 2.75) is 6.54 Å². The summed E-state index contributed by atoms with van der Waals surface area (Å²) in [6.45, 7) is 0.0789. The second-order valence-corrected chi connectivity index (χ2v) is 8.07. The fraction of sp³-hybridized carbons (Fsp3) is 0.158. The van der Waals surface area contributed by atoms with E-state index >= 15 is 0 Å². The lowest BCUT2D eigenvalue weighted by Crippen LogP contribution is -2.22. The van der Waals surface area contributed by atoms with Crippen molar-refractivity contribution >= 4 is 55.0 Å². The van der Waals surface area contributed by atoms with Crippen molar-refractivity contribution in [3.8, 4) is 11.5 Å². The first-order valence-corrected chi connectivity index (χ1v) is 10.2. The van der Waals surface area contributed by atoms with Crippen molar-refractivity contribution in [2.75, 3.05) is 13.9 Å². The standard InChI is InChI=1S/C19H13N3O5S2/c1-25-17(23)7-22-12-5-13-14(27-9-26-13)6-16(12)29-19(22)21-18(24)10-2-3-11-15(4-10)28-8-20-11/h2-6,8H,7,9H2,1H3. The summed E-state index contributed by atoms with van der Waals surface area (Å²) >= 11 is 2.75. The molecule has 0 aliphatic carbocycles. The maximum absolute atomic E-state index is 12.8. The summed E-state index contributed by atoms with van der Waals surface area (Å²) in [5, 5.41) is 0. The molecule has 10 heteroatoms. The molecule has 1 aliphatic rings. The maximum atomic E-state index is 12.8. The molecule has 3 heterocycles. The third-order valence-corrected chi connectivity index (χ3v) is 6.30. The lowest BCUT2D eigenvalue weighted by Gasteiger charge is -2.04. The number of thiazole rings is 2. The van der Waals surface area contributed by atoms with E-state index in [1.165, 1.54) is 29.8 Å². The number of fused-ring (bicyclic) bond motifs is 3. The van der Waals surface area contributed by atoms with Crippen LogP contribution in [0.1, 0.15) is 10.4 Å². The smallest absolute Gasteiger partial charge is 0.325 e. The van der Waals surface area contributed by atoms with Crippen LogP contribution in [0.5, 0.6) is 11.5 Å². The lowest BCUT2D eigenvalue weighted by molar-refractivity contribution is -0.141. The van der Waals surface area contributed by atoms with E-state index in [0.717, 1.165) is 14.9 Å². The minimum absolute atomic E-state index is 0.0733. The summed E-state index contributed by atoms with van der Waals surface area (Å²) < 4.78 is 19.0. The molecule has 146 valence electrons. The van der Waals surface area contributed by atoms with E-state index in [2.05, 4.69) is 9.98 Å². The predicted molar refractivity (Wildman–Crippen MR) is 107 cm³/mol. The van der Waals surface area contributed by atoms with Crippen LogP contribution in [0.4, 0.5) is 0 Å². The van der Waals surface area contributed by atoms with Crippen LogP contribution in [0.3, 0.4) is 0 Å². The molecule has 0 bridgehead atoms. The molecule has 0 atom stereocenters. The molecule has 0 saturated heterocycles. The van der Waals surface area contributed by atoms with Gasteiger partial charge in [0, 0.05) is 17.7 Å². The topological polar surface area (TPSA) is 92.0 Å². The van der Waals surface area contributed by atoms with E-state index in [1.807, 2.05) is 6.07 Å². The van der Waals surface area contributed by atoms with Gasteiger partial charge in [0.15, 0.2) is 16.3 Å². The van der Waals surface area contributed by atoms with E-state index in [-0.39, 0.29) is 13.3 Å². The highest BCUT2D eigenvalue weighted by molar-refractivity contribution is 7.17. The lowest BCUT2D eigenvalue weighted by atomic mass is 10.2. The van der Waals surface area contributed by atoms with Gasteiger partial charge < -0.3 is 18.8 Å². The van der Waals surface area contributed by atoms with E-state index < -0.39 is 11.9 Å². The number of hydrogen-bond acceptors (Lipinski definition) is 8. The Balaban J connectivity index is 1.64. The molecule has 0 spiro atoms. The van der Waals surface area contributed by atoms with Gasteiger partial charge in [-0.05, 0) is 18.2 Å². The van der Waals surface area contributed by atoms with Gasteiger partial charge in [0.1, 0.15) is 6.54 Å². The largest absolute Gasteiger partial charge is 0.468 e. The fourth-order valence-electron chi connectivity index (χ4n) is 3.03.